The van der Waals surface area contributed by atoms with Crippen molar-refractivity contribution in [2.45, 2.75) is 49.3 Å². The van der Waals surface area contributed by atoms with Crippen LogP contribution >= 0.6 is 0 Å². The molecule has 0 bridgehead atoms. The second kappa shape index (κ2) is 9.50. The number of hydrogen-bond acceptors (Lipinski definition) is 5. The molecule has 1 aliphatic heterocycles. The van der Waals surface area contributed by atoms with Crippen LogP contribution in [0.4, 0.5) is 5.69 Å². The van der Waals surface area contributed by atoms with Crippen molar-refractivity contribution in [1.29, 1.82) is 0 Å². The van der Waals surface area contributed by atoms with E-state index in [0.717, 1.165) is 24.8 Å². The highest BCUT2D eigenvalue weighted by molar-refractivity contribution is 7.91. The molecule has 1 amide bonds. The van der Waals surface area contributed by atoms with Gasteiger partial charge in [-0.1, -0.05) is 30.2 Å². The Morgan fingerprint density at radius 1 is 0.903 bits per heavy atom. The number of sulfone groups is 1. The summed E-state index contributed by atoms with van der Waals surface area (Å²) in [6.07, 6.45) is 2.47. The van der Waals surface area contributed by atoms with Crippen LogP contribution in [-0.2, 0) is 24.7 Å². The lowest BCUT2D eigenvalue weighted by Gasteiger charge is -2.26. The third-order valence-corrected chi connectivity index (χ3v) is 9.04. The fourth-order valence-electron chi connectivity index (χ4n) is 3.45. The van der Waals surface area contributed by atoms with Crippen LogP contribution in [0.15, 0.2) is 52.3 Å². The maximum atomic E-state index is 12.9. The average Bonchev–Trinajstić information content (AvgIpc) is 2.75. The van der Waals surface area contributed by atoms with Crippen LogP contribution in [0.2, 0.25) is 0 Å². The standard InChI is InChI=1S/C22H28N2O5S2/c1-17-6-9-19(10-7-17)30(26,27)15-12-22(25)23-21-16-20(11-8-18(21)2)31(28,29)24-13-4-3-5-14-24/h6-11,16H,3-5,12-15H2,1-2H3,(H,23,25). The molecule has 2 aromatic rings. The summed E-state index contributed by atoms with van der Waals surface area (Å²) in [7, 11) is -7.21. The van der Waals surface area contributed by atoms with Gasteiger partial charge in [-0.3, -0.25) is 4.79 Å². The Balaban J connectivity index is 1.70. The molecule has 0 spiro atoms. The molecule has 1 heterocycles. The SMILES string of the molecule is Cc1ccc(S(=O)(=O)CCC(=O)Nc2cc(S(=O)(=O)N3CCCCC3)ccc2C)cc1. The molecule has 1 N–H and O–H groups in total. The number of carbonyl (C=O) groups is 1. The molecule has 0 atom stereocenters. The maximum Gasteiger partial charge on any atom is 0.243 e. The number of hydrogen-bond donors (Lipinski definition) is 1. The van der Waals surface area contributed by atoms with Crippen LogP contribution < -0.4 is 5.32 Å². The molecule has 3 rings (SSSR count). The van der Waals surface area contributed by atoms with Gasteiger partial charge in [0.25, 0.3) is 0 Å². The van der Waals surface area contributed by atoms with E-state index in [1.807, 2.05) is 6.92 Å². The van der Waals surface area contributed by atoms with E-state index in [-0.39, 0.29) is 22.0 Å². The highest BCUT2D eigenvalue weighted by Crippen LogP contribution is 2.25. The van der Waals surface area contributed by atoms with E-state index in [9.17, 15) is 21.6 Å². The molecule has 0 unspecified atom stereocenters. The lowest BCUT2D eigenvalue weighted by atomic mass is 10.2. The van der Waals surface area contributed by atoms with Crippen molar-refractivity contribution >= 4 is 31.5 Å². The monoisotopic (exact) mass is 464 g/mol. The molecule has 7 nitrogen and oxygen atoms in total. The van der Waals surface area contributed by atoms with Gasteiger partial charge >= 0.3 is 0 Å². The van der Waals surface area contributed by atoms with Gasteiger partial charge in [0.2, 0.25) is 15.9 Å². The zero-order chi connectivity index (χ0) is 22.6. The van der Waals surface area contributed by atoms with E-state index in [4.69, 9.17) is 0 Å². The maximum absolute atomic E-state index is 12.9. The molecule has 168 valence electrons. The molecule has 1 aliphatic rings. The summed E-state index contributed by atoms with van der Waals surface area (Å²) >= 11 is 0. The zero-order valence-electron chi connectivity index (χ0n) is 17.8. The molecule has 1 saturated heterocycles. The highest BCUT2D eigenvalue weighted by atomic mass is 32.2. The molecule has 9 heteroatoms. The first-order valence-corrected chi connectivity index (χ1v) is 13.4. The summed E-state index contributed by atoms with van der Waals surface area (Å²) in [4.78, 5) is 12.7. The predicted octanol–water partition coefficient (Wildman–Crippen LogP) is 3.28. The smallest absolute Gasteiger partial charge is 0.243 e. The van der Waals surface area contributed by atoms with Gasteiger partial charge in [-0.15, -0.1) is 0 Å². The summed E-state index contributed by atoms with van der Waals surface area (Å²) < 4.78 is 52.2. The molecule has 0 radical (unpaired) electrons. The number of aryl methyl sites for hydroxylation is 2. The van der Waals surface area contributed by atoms with E-state index in [1.54, 1.807) is 25.1 Å². The molecule has 0 aromatic heterocycles. The Kier molecular flexibility index (Phi) is 7.18. The van der Waals surface area contributed by atoms with Crippen molar-refractivity contribution in [3.8, 4) is 0 Å². The number of amides is 1. The minimum atomic E-state index is -3.63. The van der Waals surface area contributed by atoms with E-state index in [2.05, 4.69) is 5.32 Å². The Morgan fingerprint density at radius 3 is 2.16 bits per heavy atom. The minimum absolute atomic E-state index is 0.127. The van der Waals surface area contributed by atoms with Crippen molar-refractivity contribution < 1.29 is 21.6 Å². The quantitative estimate of drug-likeness (QED) is 0.678. The number of benzene rings is 2. The van der Waals surface area contributed by atoms with E-state index >= 15 is 0 Å². The number of carbonyl (C=O) groups excluding carboxylic acids is 1. The third kappa shape index (κ3) is 5.72. The highest BCUT2D eigenvalue weighted by Gasteiger charge is 2.26. The Labute approximate surface area is 184 Å². The lowest BCUT2D eigenvalue weighted by Crippen LogP contribution is -2.35. The van der Waals surface area contributed by atoms with Crippen LogP contribution in [0.5, 0.6) is 0 Å². The number of sulfonamides is 1. The Bertz CT molecular complexity index is 1150. The molecular formula is C22H28N2O5S2. The fourth-order valence-corrected chi connectivity index (χ4v) is 6.24. The molecule has 31 heavy (non-hydrogen) atoms. The number of nitrogens with zero attached hydrogens (tertiary/aromatic N) is 1. The topological polar surface area (TPSA) is 101 Å². The second-order valence-electron chi connectivity index (χ2n) is 7.87. The van der Waals surface area contributed by atoms with Gasteiger partial charge in [-0.25, -0.2) is 16.8 Å². The van der Waals surface area contributed by atoms with Gasteiger partial charge in [-0.05, 0) is 56.5 Å². The van der Waals surface area contributed by atoms with Crippen molar-refractivity contribution in [2.75, 3.05) is 24.2 Å². The largest absolute Gasteiger partial charge is 0.326 e. The van der Waals surface area contributed by atoms with Crippen LogP contribution in [0, 0.1) is 13.8 Å². The van der Waals surface area contributed by atoms with Crippen molar-refractivity contribution in [3.05, 3.63) is 53.6 Å². The number of nitrogens with one attached hydrogen (secondary N) is 1. The lowest BCUT2D eigenvalue weighted by molar-refractivity contribution is -0.115. The van der Waals surface area contributed by atoms with Gasteiger partial charge in [0, 0.05) is 25.2 Å². The summed E-state index contributed by atoms with van der Waals surface area (Å²) in [6.45, 7) is 4.62. The van der Waals surface area contributed by atoms with Crippen LogP contribution in [0.25, 0.3) is 0 Å². The average molecular weight is 465 g/mol. The summed E-state index contributed by atoms with van der Waals surface area (Å²) in [6, 6.07) is 11.1. The normalized spacial score (nSPS) is 15.5. The van der Waals surface area contributed by atoms with Crippen LogP contribution in [0.3, 0.4) is 0 Å². The van der Waals surface area contributed by atoms with Crippen LogP contribution in [0.1, 0.15) is 36.8 Å². The van der Waals surface area contributed by atoms with Gasteiger partial charge in [0.05, 0.1) is 15.5 Å². The van der Waals surface area contributed by atoms with E-state index < -0.39 is 25.8 Å². The molecule has 1 fully saturated rings. The first-order valence-electron chi connectivity index (χ1n) is 10.3. The summed E-state index contributed by atoms with van der Waals surface area (Å²) in [5.74, 6) is -0.807. The van der Waals surface area contributed by atoms with E-state index in [0.29, 0.717) is 24.3 Å². The number of rotatable bonds is 7. The molecular weight excluding hydrogens is 436 g/mol. The zero-order valence-corrected chi connectivity index (χ0v) is 19.4. The van der Waals surface area contributed by atoms with Gasteiger partial charge in [0.15, 0.2) is 9.84 Å². The van der Waals surface area contributed by atoms with Crippen LogP contribution in [-0.4, -0.2) is 45.9 Å². The molecule has 0 saturated carbocycles. The minimum Gasteiger partial charge on any atom is -0.326 e. The van der Waals surface area contributed by atoms with Crippen molar-refractivity contribution in [1.82, 2.24) is 4.31 Å². The Hall–Kier alpha value is -2.23. The fraction of sp³-hybridized carbons (Fsp3) is 0.409. The first-order chi connectivity index (χ1) is 14.6. The first kappa shape index (κ1) is 23.4. The summed E-state index contributed by atoms with van der Waals surface area (Å²) in [5, 5.41) is 2.67. The number of piperidine rings is 1. The van der Waals surface area contributed by atoms with Gasteiger partial charge in [-0.2, -0.15) is 4.31 Å². The van der Waals surface area contributed by atoms with Crippen molar-refractivity contribution in [2.24, 2.45) is 0 Å². The Morgan fingerprint density at radius 2 is 1.52 bits per heavy atom. The van der Waals surface area contributed by atoms with Gasteiger partial charge in [0.1, 0.15) is 0 Å². The van der Waals surface area contributed by atoms with E-state index in [1.165, 1.54) is 28.6 Å². The number of anilines is 1. The summed E-state index contributed by atoms with van der Waals surface area (Å²) in [5.41, 5.74) is 2.02. The second-order valence-corrected chi connectivity index (χ2v) is 11.9. The molecule has 2 aromatic carbocycles. The predicted molar refractivity (Wildman–Crippen MR) is 120 cm³/mol. The molecule has 0 aliphatic carbocycles. The van der Waals surface area contributed by atoms with Gasteiger partial charge < -0.3 is 5.32 Å². The third-order valence-electron chi connectivity index (χ3n) is 5.41. The van der Waals surface area contributed by atoms with Crippen molar-refractivity contribution in [3.63, 3.8) is 0 Å².